The largest absolute Gasteiger partial charge is 0.468 e. The minimum atomic E-state index is -1.08. The first-order valence-corrected chi connectivity index (χ1v) is 8.01. The maximum Gasteiger partial charge on any atom is 0.428 e. The molecule has 0 heterocycles. The van der Waals surface area contributed by atoms with Crippen molar-refractivity contribution in [3.8, 4) is 0 Å². The molecule has 1 aliphatic rings. The van der Waals surface area contributed by atoms with E-state index in [2.05, 4.69) is 10.5 Å². The predicted molar refractivity (Wildman–Crippen MR) is 93.2 cm³/mol. The van der Waals surface area contributed by atoms with E-state index in [1.807, 2.05) is 30.3 Å². The maximum atomic E-state index is 12.1. The van der Waals surface area contributed by atoms with Crippen LogP contribution < -0.4 is 5.43 Å². The summed E-state index contributed by atoms with van der Waals surface area (Å²) in [4.78, 5) is 23.9. The van der Waals surface area contributed by atoms with E-state index >= 15 is 0 Å². The van der Waals surface area contributed by atoms with Gasteiger partial charge in [-0.05, 0) is 11.1 Å². The highest BCUT2D eigenvalue weighted by Gasteiger charge is 2.42. The van der Waals surface area contributed by atoms with Gasteiger partial charge in [0.2, 0.25) is 0 Å². The molecule has 2 N–H and O–H groups in total. The second-order valence-corrected chi connectivity index (χ2v) is 5.70. The number of rotatable bonds is 4. The zero-order valence-corrected chi connectivity index (χ0v) is 14.1. The standard InChI is InChI=1S/C19H18N2O5/c1-25-18(23)15-16(13-9-5-6-10-14(13)17(15)22)20-21-19(24)26-11-12-7-3-2-4-8-12/h2-10,15,17,22H,11H2,1H3,(H,21,24)/b20-16+. The van der Waals surface area contributed by atoms with Gasteiger partial charge in [-0.2, -0.15) is 5.10 Å². The fraction of sp³-hybridized carbons (Fsp3) is 0.211. The van der Waals surface area contributed by atoms with Crippen LogP contribution in [0.3, 0.4) is 0 Å². The van der Waals surface area contributed by atoms with Crippen molar-refractivity contribution in [3.63, 3.8) is 0 Å². The van der Waals surface area contributed by atoms with Gasteiger partial charge in [0.15, 0.2) is 0 Å². The Morgan fingerprint density at radius 3 is 2.54 bits per heavy atom. The van der Waals surface area contributed by atoms with Gasteiger partial charge in [0, 0.05) is 5.56 Å². The van der Waals surface area contributed by atoms with E-state index < -0.39 is 24.1 Å². The van der Waals surface area contributed by atoms with E-state index in [9.17, 15) is 14.7 Å². The Morgan fingerprint density at radius 2 is 1.81 bits per heavy atom. The molecule has 3 rings (SSSR count). The number of nitrogens with one attached hydrogen (secondary N) is 1. The van der Waals surface area contributed by atoms with Gasteiger partial charge in [0.1, 0.15) is 12.5 Å². The Morgan fingerprint density at radius 1 is 1.12 bits per heavy atom. The Kier molecular flexibility index (Phi) is 5.28. The van der Waals surface area contributed by atoms with Crippen LogP contribution in [0.4, 0.5) is 4.79 Å². The summed E-state index contributed by atoms with van der Waals surface area (Å²) in [5, 5.41) is 14.4. The molecule has 2 atom stereocenters. The molecule has 1 amide bonds. The summed E-state index contributed by atoms with van der Waals surface area (Å²) in [6.45, 7) is 0.0944. The molecule has 134 valence electrons. The number of ether oxygens (including phenoxy) is 2. The van der Waals surface area contributed by atoms with Gasteiger partial charge in [-0.25, -0.2) is 10.2 Å². The highest BCUT2D eigenvalue weighted by Crippen LogP contribution is 2.36. The summed E-state index contributed by atoms with van der Waals surface area (Å²) >= 11 is 0. The molecule has 0 fully saturated rings. The quantitative estimate of drug-likeness (QED) is 0.648. The summed E-state index contributed by atoms with van der Waals surface area (Å²) in [7, 11) is 1.23. The SMILES string of the molecule is COC(=O)C1/C(=N/NC(=O)OCc2ccccc2)c2ccccc2C1O. The third-order valence-corrected chi connectivity index (χ3v) is 4.10. The van der Waals surface area contributed by atoms with Gasteiger partial charge in [0.05, 0.1) is 18.9 Å². The monoisotopic (exact) mass is 354 g/mol. The second-order valence-electron chi connectivity index (χ2n) is 5.70. The molecule has 0 aromatic heterocycles. The first-order chi connectivity index (χ1) is 12.6. The van der Waals surface area contributed by atoms with Crippen LogP contribution in [0.2, 0.25) is 0 Å². The highest BCUT2D eigenvalue weighted by molar-refractivity contribution is 6.16. The van der Waals surface area contributed by atoms with E-state index in [-0.39, 0.29) is 12.3 Å². The number of aliphatic hydroxyl groups excluding tert-OH is 1. The zero-order chi connectivity index (χ0) is 18.5. The van der Waals surface area contributed by atoms with Gasteiger partial charge in [0.25, 0.3) is 0 Å². The van der Waals surface area contributed by atoms with Crippen LogP contribution in [-0.2, 0) is 20.9 Å². The number of benzene rings is 2. The first-order valence-electron chi connectivity index (χ1n) is 8.01. The molecule has 7 heteroatoms. The van der Waals surface area contributed by atoms with Crippen LogP contribution in [0.25, 0.3) is 0 Å². The van der Waals surface area contributed by atoms with Crippen molar-refractivity contribution < 1.29 is 24.2 Å². The zero-order valence-electron chi connectivity index (χ0n) is 14.1. The number of nitrogens with zero attached hydrogens (tertiary/aromatic N) is 1. The van der Waals surface area contributed by atoms with Gasteiger partial charge < -0.3 is 14.6 Å². The lowest BCUT2D eigenvalue weighted by molar-refractivity contribution is -0.145. The van der Waals surface area contributed by atoms with Crippen molar-refractivity contribution in [1.29, 1.82) is 0 Å². The van der Waals surface area contributed by atoms with E-state index in [1.165, 1.54) is 7.11 Å². The summed E-state index contributed by atoms with van der Waals surface area (Å²) in [6.07, 6.45) is -1.84. The molecule has 0 saturated carbocycles. The second kappa shape index (κ2) is 7.79. The Bertz CT molecular complexity index is 835. The number of carbonyl (C=O) groups excluding carboxylic acids is 2. The number of aliphatic hydroxyl groups is 1. The van der Waals surface area contributed by atoms with Crippen LogP contribution in [-0.4, -0.2) is 30.0 Å². The Balaban J connectivity index is 1.74. The number of hydrogen-bond acceptors (Lipinski definition) is 6. The minimum absolute atomic E-state index is 0.0944. The summed E-state index contributed by atoms with van der Waals surface area (Å²) in [5.74, 6) is -1.64. The van der Waals surface area contributed by atoms with E-state index in [0.717, 1.165) is 5.56 Å². The molecule has 0 radical (unpaired) electrons. The molecular formula is C19H18N2O5. The maximum absolute atomic E-state index is 12.1. The number of carbonyl (C=O) groups is 2. The lowest BCUT2D eigenvalue weighted by Gasteiger charge is -2.13. The lowest BCUT2D eigenvalue weighted by atomic mass is 10.0. The third-order valence-electron chi connectivity index (χ3n) is 4.10. The first kappa shape index (κ1) is 17.6. The van der Waals surface area contributed by atoms with Crippen molar-refractivity contribution in [2.24, 2.45) is 11.0 Å². The topological polar surface area (TPSA) is 97.2 Å². The number of methoxy groups -OCH3 is 1. The van der Waals surface area contributed by atoms with Crippen LogP contribution in [0.15, 0.2) is 59.7 Å². The third kappa shape index (κ3) is 3.57. The van der Waals surface area contributed by atoms with Crippen LogP contribution in [0.1, 0.15) is 22.8 Å². The molecule has 0 spiro atoms. The van der Waals surface area contributed by atoms with Crippen molar-refractivity contribution in [1.82, 2.24) is 5.43 Å². The van der Waals surface area contributed by atoms with Crippen LogP contribution in [0, 0.1) is 5.92 Å². The fourth-order valence-electron chi connectivity index (χ4n) is 2.84. The minimum Gasteiger partial charge on any atom is -0.468 e. The highest BCUT2D eigenvalue weighted by atomic mass is 16.6. The molecular weight excluding hydrogens is 336 g/mol. The molecule has 2 aromatic carbocycles. The van der Waals surface area contributed by atoms with Crippen molar-refractivity contribution in [2.45, 2.75) is 12.7 Å². The average molecular weight is 354 g/mol. The smallest absolute Gasteiger partial charge is 0.428 e. The number of amides is 1. The van der Waals surface area contributed by atoms with E-state index in [4.69, 9.17) is 9.47 Å². The number of hydrazone groups is 1. The number of esters is 1. The molecule has 0 saturated heterocycles. The van der Waals surface area contributed by atoms with Crippen molar-refractivity contribution in [3.05, 3.63) is 71.3 Å². The summed E-state index contributed by atoms with van der Waals surface area (Å²) in [5.41, 5.74) is 4.48. The number of hydrogen-bond donors (Lipinski definition) is 2. The molecule has 7 nitrogen and oxygen atoms in total. The Labute approximate surface area is 150 Å². The summed E-state index contributed by atoms with van der Waals surface area (Å²) in [6, 6.07) is 16.1. The van der Waals surface area contributed by atoms with E-state index in [1.54, 1.807) is 24.3 Å². The lowest BCUT2D eigenvalue weighted by Crippen LogP contribution is -2.29. The molecule has 2 unspecified atom stereocenters. The number of fused-ring (bicyclic) bond motifs is 1. The normalized spacial score (nSPS) is 19.7. The predicted octanol–water partition coefficient (Wildman–Crippen LogP) is 2.15. The van der Waals surface area contributed by atoms with Gasteiger partial charge >= 0.3 is 12.1 Å². The average Bonchev–Trinajstić information content (AvgIpc) is 2.97. The van der Waals surface area contributed by atoms with Gasteiger partial charge in [-0.3, -0.25) is 4.79 Å². The Hall–Kier alpha value is -3.19. The molecule has 1 aliphatic carbocycles. The summed E-state index contributed by atoms with van der Waals surface area (Å²) < 4.78 is 9.84. The molecule has 2 aromatic rings. The fourth-order valence-corrected chi connectivity index (χ4v) is 2.84. The van der Waals surface area contributed by atoms with Gasteiger partial charge in [-0.1, -0.05) is 54.6 Å². The van der Waals surface area contributed by atoms with Crippen LogP contribution >= 0.6 is 0 Å². The van der Waals surface area contributed by atoms with Crippen LogP contribution in [0.5, 0.6) is 0 Å². The van der Waals surface area contributed by atoms with Crippen molar-refractivity contribution >= 4 is 17.8 Å². The molecule has 0 bridgehead atoms. The molecule has 0 aliphatic heterocycles. The molecule has 26 heavy (non-hydrogen) atoms. The van der Waals surface area contributed by atoms with Crippen molar-refractivity contribution in [2.75, 3.05) is 7.11 Å². The van der Waals surface area contributed by atoms with Gasteiger partial charge in [-0.15, -0.1) is 0 Å². The van der Waals surface area contributed by atoms with E-state index in [0.29, 0.717) is 11.1 Å².